The number of carbonyl (C=O) groups excluding carboxylic acids is 4. The quantitative estimate of drug-likeness (QED) is 0.410. The van der Waals surface area contributed by atoms with Crippen molar-refractivity contribution < 1.29 is 23.9 Å². The van der Waals surface area contributed by atoms with Crippen molar-refractivity contribution in [3.05, 3.63) is 101 Å². The van der Waals surface area contributed by atoms with Crippen LogP contribution in [0.25, 0.3) is 0 Å². The molecule has 0 atom stereocenters. The number of anilines is 1. The molecule has 0 aromatic heterocycles. The van der Waals surface area contributed by atoms with E-state index in [0.717, 1.165) is 11.1 Å². The Morgan fingerprint density at radius 1 is 0.794 bits per heavy atom. The van der Waals surface area contributed by atoms with Gasteiger partial charge in [-0.15, -0.1) is 0 Å². The van der Waals surface area contributed by atoms with Gasteiger partial charge in [0.25, 0.3) is 5.91 Å². The molecule has 0 fully saturated rings. The maximum atomic E-state index is 12.9. The van der Waals surface area contributed by atoms with Crippen molar-refractivity contribution in [1.82, 2.24) is 4.90 Å². The topological polar surface area (TPSA) is 92.8 Å². The second-order valence-electron chi connectivity index (χ2n) is 7.98. The fourth-order valence-corrected chi connectivity index (χ4v) is 3.18. The molecule has 7 heteroatoms. The first kappa shape index (κ1) is 24.4. The summed E-state index contributed by atoms with van der Waals surface area (Å²) in [6.45, 7) is 3.10. The molecule has 3 aromatic rings. The Labute approximate surface area is 198 Å². The molecule has 0 aliphatic heterocycles. The van der Waals surface area contributed by atoms with Gasteiger partial charge in [0.05, 0.1) is 12.1 Å². The molecule has 0 spiro atoms. The SMILES string of the molecule is Cc1ccc(NC(=O)CN(C)C(=O)COC(=O)c2ccccc2C(=O)c2ccc(C)cc2)cc1. The first-order valence-electron chi connectivity index (χ1n) is 10.7. The fraction of sp³-hybridized carbons (Fsp3) is 0.185. The Hall–Kier alpha value is -4.26. The Balaban J connectivity index is 1.58. The molecule has 34 heavy (non-hydrogen) atoms. The van der Waals surface area contributed by atoms with Crippen molar-refractivity contribution in [3.63, 3.8) is 0 Å². The van der Waals surface area contributed by atoms with Crippen LogP contribution in [0.15, 0.2) is 72.8 Å². The summed E-state index contributed by atoms with van der Waals surface area (Å²) in [6.07, 6.45) is 0. The van der Waals surface area contributed by atoms with Crippen molar-refractivity contribution in [2.75, 3.05) is 25.5 Å². The summed E-state index contributed by atoms with van der Waals surface area (Å²) in [5.41, 5.74) is 3.41. The second-order valence-corrected chi connectivity index (χ2v) is 7.98. The van der Waals surface area contributed by atoms with Gasteiger partial charge in [0.1, 0.15) is 0 Å². The number of rotatable bonds is 8. The van der Waals surface area contributed by atoms with Gasteiger partial charge in [-0.05, 0) is 32.0 Å². The van der Waals surface area contributed by atoms with Gasteiger partial charge in [-0.2, -0.15) is 0 Å². The normalized spacial score (nSPS) is 10.3. The molecule has 3 aromatic carbocycles. The van der Waals surface area contributed by atoms with Crippen LogP contribution in [0.1, 0.15) is 37.4 Å². The second kappa shape index (κ2) is 11.0. The van der Waals surface area contributed by atoms with Crippen molar-refractivity contribution >= 4 is 29.3 Å². The predicted octanol–water partition coefficient (Wildman–Crippen LogP) is 3.79. The number of aryl methyl sites for hydroxylation is 2. The highest BCUT2D eigenvalue weighted by Crippen LogP contribution is 2.16. The predicted molar refractivity (Wildman–Crippen MR) is 129 cm³/mol. The highest BCUT2D eigenvalue weighted by Gasteiger charge is 2.21. The lowest BCUT2D eigenvalue weighted by Crippen LogP contribution is -2.37. The fourth-order valence-electron chi connectivity index (χ4n) is 3.18. The molecule has 0 aliphatic carbocycles. The van der Waals surface area contributed by atoms with Gasteiger partial charge in [-0.1, -0.05) is 65.7 Å². The van der Waals surface area contributed by atoms with E-state index in [0.29, 0.717) is 11.3 Å². The minimum atomic E-state index is -0.790. The number of esters is 1. The number of nitrogens with one attached hydrogen (secondary N) is 1. The minimum Gasteiger partial charge on any atom is -0.452 e. The Morgan fingerprint density at radius 2 is 1.35 bits per heavy atom. The molecule has 0 bridgehead atoms. The molecule has 0 aliphatic rings. The zero-order chi connectivity index (χ0) is 24.7. The lowest BCUT2D eigenvalue weighted by molar-refractivity contribution is -0.136. The number of ketones is 1. The van der Waals surface area contributed by atoms with Gasteiger partial charge in [-0.3, -0.25) is 14.4 Å². The van der Waals surface area contributed by atoms with Crippen LogP contribution in [0.3, 0.4) is 0 Å². The zero-order valence-electron chi connectivity index (χ0n) is 19.3. The van der Waals surface area contributed by atoms with Crippen LogP contribution in [0, 0.1) is 13.8 Å². The van der Waals surface area contributed by atoms with E-state index in [-0.39, 0.29) is 29.4 Å². The first-order valence-corrected chi connectivity index (χ1v) is 10.7. The zero-order valence-corrected chi connectivity index (χ0v) is 19.3. The van der Waals surface area contributed by atoms with Gasteiger partial charge in [0.2, 0.25) is 5.91 Å². The molecule has 0 radical (unpaired) electrons. The van der Waals surface area contributed by atoms with Crippen LogP contribution in [0.2, 0.25) is 0 Å². The van der Waals surface area contributed by atoms with E-state index in [2.05, 4.69) is 5.32 Å². The summed E-state index contributed by atoms with van der Waals surface area (Å²) < 4.78 is 5.16. The van der Waals surface area contributed by atoms with Crippen LogP contribution in [0.4, 0.5) is 5.69 Å². The molecule has 174 valence electrons. The van der Waals surface area contributed by atoms with E-state index >= 15 is 0 Å². The van der Waals surface area contributed by atoms with Crippen LogP contribution in [-0.4, -0.2) is 48.7 Å². The molecular formula is C27H26N2O5. The van der Waals surface area contributed by atoms with Crippen LogP contribution >= 0.6 is 0 Å². The van der Waals surface area contributed by atoms with Crippen molar-refractivity contribution in [2.45, 2.75) is 13.8 Å². The Morgan fingerprint density at radius 3 is 1.97 bits per heavy atom. The van der Waals surface area contributed by atoms with Crippen LogP contribution < -0.4 is 5.32 Å². The molecule has 7 nitrogen and oxygen atoms in total. The average molecular weight is 459 g/mol. The van der Waals surface area contributed by atoms with Gasteiger partial charge < -0.3 is 15.0 Å². The van der Waals surface area contributed by atoms with Gasteiger partial charge in [0, 0.05) is 23.9 Å². The number of carbonyl (C=O) groups is 4. The summed E-state index contributed by atoms with van der Waals surface area (Å²) in [5, 5.41) is 2.71. The van der Waals surface area contributed by atoms with Crippen LogP contribution in [-0.2, 0) is 14.3 Å². The Bertz CT molecular complexity index is 1200. The third kappa shape index (κ3) is 6.38. The van der Waals surface area contributed by atoms with E-state index in [4.69, 9.17) is 4.74 Å². The minimum absolute atomic E-state index is 0.0700. The molecule has 0 saturated heterocycles. The van der Waals surface area contributed by atoms with Gasteiger partial charge >= 0.3 is 5.97 Å². The maximum absolute atomic E-state index is 12.9. The summed E-state index contributed by atoms with van der Waals surface area (Å²) in [6, 6.07) is 20.6. The molecule has 1 N–H and O–H groups in total. The summed E-state index contributed by atoms with van der Waals surface area (Å²) >= 11 is 0. The number of benzene rings is 3. The molecule has 0 heterocycles. The lowest BCUT2D eigenvalue weighted by atomic mass is 9.98. The average Bonchev–Trinajstić information content (AvgIpc) is 2.83. The first-order chi connectivity index (χ1) is 16.2. The summed E-state index contributed by atoms with van der Waals surface area (Å²) in [4.78, 5) is 51.3. The van der Waals surface area contributed by atoms with Gasteiger partial charge in [-0.25, -0.2) is 4.79 Å². The van der Waals surface area contributed by atoms with E-state index in [1.54, 1.807) is 42.5 Å². The number of nitrogens with zero attached hydrogens (tertiary/aromatic N) is 1. The highest BCUT2D eigenvalue weighted by atomic mass is 16.5. The van der Waals surface area contributed by atoms with E-state index < -0.39 is 18.5 Å². The smallest absolute Gasteiger partial charge is 0.339 e. The third-order valence-electron chi connectivity index (χ3n) is 5.17. The van der Waals surface area contributed by atoms with Crippen molar-refractivity contribution in [1.29, 1.82) is 0 Å². The number of ether oxygens (including phenoxy) is 1. The number of amides is 2. The number of likely N-dealkylation sites (N-methyl/N-ethyl adjacent to an activating group) is 1. The summed E-state index contributed by atoms with van der Waals surface area (Å²) in [5.74, 6) is -2.03. The molecule has 3 rings (SSSR count). The summed E-state index contributed by atoms with van der Waals surface area (Å²) in [7, 11) is 1.44. The molecular weight excluding hydrogens is 432 g/mol. The lowest BCUT2D eigenvalue weighted by Gasteiger charge is -2.17. The van der Waals surface area contributed by atoms with E-state index in [9.17, 15) is 19.2 Å². The Kier molecular flexibility index (Phi) is 7.92. The third-order valence-corrected chi connectivity index (χ3v) is 5.17. The molecule has 0 unspecified atom stereocenters. The van der Waals surface area contributed by atoms with E-state index in [1.165, 1.54) is 18.0 Å². The number of hydrogen-bond donors (Lipinski definition) is 1. The molecule has 2 amide bonds. The maximum Gasteiger partial charge on any atom is 0.339 e. The van der Waals surface area contributed by atoms with Crippen LogP contribution in [0.5, 0.6) is 0 Å². The van der Waals surface area contributed by atoms with Crippen molar-refractivity contribution in [3.8, 4) is 0 Å². The largest absolute Gasteiger partial charge is 0.452 e. The standard InChI is InChI=1S/C27H26N2O5/c1-18-8-12-20(13-9-18)26(32)22-6-4-5-7-23(22)27(33)34-17-25(31)29(3)16-24(30)28-21-14-10-19(2)11-15-21/h4-15H,16-17H2,1-3H3,(H,28,30). The van der Waals surface area contributed by atoms with Crippen molar-refractivity contribution in [2.24, 2.45) is 0 Å². The van der Waals surface area contributed by atoms with E-state index in [1.807, 2.05) is 38.1 Å². The highest BCUT2D eigenvalue weighted by molar-refractivity contribution is 6.14. The number of hydrogen-bond acceptors (Lipinski definition) is 5. The molecule has 0 saturated carbocycles. The van der Waals surface area contributed by atoms with Gasteiger partial charge in [0.15, 0.2) is 12.4 Å². The monoisotopic (exact) mass is 458 g/mol.